The molecular weight excluding hydrogens is 255 g/mol. The maximum absolute atomic E-state index is 12.3. The molecule has 1 N–H and O–H groups in total. The molecule has 1 aromatic heterocycles. The zero-order valence-corrected chi connectivity index (χ0v) is 11.7. The SMILES string of the molecule is Cc1nc(CC(F)(F)F)nc(C)c1CNCC(C)C. The van der Waals surface area contributed by atoms with Gasteiger partial charge in [0.05, 0.1) is 0 Å². The molecule has 6 heteroatoms. The Morgan fingerprint density at radius 2 is 1.63 bits per heavy atom. The molecule has 0 fully saturated rings. The van der Waals surface area contributed by atoms with E-state index in [0.29, 0.717) is 23.9 Å². The van der Waals surface area contributed by atoms with Gasteiger partial charge in [0.25, 0.3) is 0 Å². The van der Waals surface area contributed by atoms with Gasteiger partial charge in [-0.05, 0) is 26.3 Å². The van der Waals surface area contributed by atoms with Crippen molar-refractivity contribution in [3.63, 3.8) is 0 Å². The Morgan fingerprint density at radius 1 is 1.11 bits per heavy atom. The maximum Gasteiger partial charge on any atom is 0.396 e. The average molecular weight is 275 g/mol. The first-order chi connectivity index (χ1) is 8.69. The van der Waals surface area contributed by atoms with Gasteiger partial charge in [-0.3, -0.25) is 0 Å². The minimum Gasteiger partial charge on any atom is -0.312 e. The van der Waals surface area contributed by atoms with Crippen LogP contribution in [0, 0.1) is 19.8 Å². The third-order valence-corrected chi connectivity index (χ3v) is 2.68. The summed E-state index contributed by atoms with van der Waals surface area (Å²) in [5.41, 5.74) is 2.11. The quantitative estimate of drug-likeness (QED) is 0.897. The Balaban J connectivity index is 2.80. The number of rotatable bonds is 5. The second kappa shape index (κ2) is 6.32. The predicted octanol–water partition coefficient (Wildman–Crippen LogP) is 2.94. The van der Waals surface area contributed by atoms with E-state index >= 15 is 0 Å². The lowest BCUT2D eigenvalue weighted by molar-refractivity contribution is -0.128. The van der Waals surface area contributed by atoms with Crippen LogP contribution in [0.4, 0.5) is 13.2 Å². The molecule has 0 atom stereocenters. The molecule has 1 rings (SSSR count). The summed E-state index contributed by atoms with van der Waals surface area (Å²) in [6.07, 6.45) is -5.34. The Morgan fingerprint density at radius 3 is 2.05 bits per heavy atom. The molecule has 0 spiro atoms. The van der Waals surface area contributed by atoms with Crippen LogP contribution in [0.2, 0.25) is 0 Å². The highest BCUT2D eigenvalue weighted by Crippen LogP contribution is 2.20. The molecule has 0 aliphatic carbocycles. The van der Waals surface area contributed by atoms with Crippen LogP contribution >= 0.6 is 0 Å². The molecule has 1 aromatic rings. The van der Waals surface area contributed by atoms with Crippen LogP contribution in [-0.2, 0) is 13.0 Å². The Hall–Kier alpha value is -1.17. The van der Waals surface area contributed by atoms with Crippen LogP contribution in [0.3, 0.4) is 0 Å². The van der Waals surface area contributed by atoms with E-state index in [1.54, 1.807) is 13.8 Å². The van der Waals surface area contributed by atoms with Crippen molar-refractivity contribution in [2.24, 2.45) is 5.92 Å². The Kier molecular flexibility index (Phi) is 5.29. The highest BCUT2D eigenvalue weighted by Gasteiger charge is 2.29. The lowest BCUT2D eigenvalue weighted by Crippen LogP contribution is -2.22. The largest absolute Gasteiger partial charge is 0.396 e. The second-order valence-corrected chi connectivity index (χ2v) is 5.11. The van der Waals surface area contributed by atoms with Crippen LogP contribution < -0.4 is 5.32 Å². The third-order valence-electron chi connectivity index (χ3n) is 2.68. The minimum absolute atomic E-state index is 0.157. The van der Waals surface area contributed by atoms with Gasteiger partial charge in [-0.25, -0.2) is 9.97 Å². The zero-order valence-electron chi connectivity index (χ0n) is 11.7. The van der Waals surface area contributed by atoms with Crippen molar-refractivity contribution in [1.29, 1.82) is 0 Å². The molecule has 0 bridgehead atoms. The first kappa shape index (κ1) is 15.9. The van der Waals surface area contributed by atoms with Gasteiger partial charge in [0.15, 0.2) is 0 Å². The smallest absolute Gasteiger partial charge is 0.312 e. The Bertz CT molecular complexity index is 405. The molecule has 0 unspecified atom stereocenters. The standard InChI is InChI=1S/C13H20F3N3/c1-8(2)6-17-7-11-9(3)18-12(19-10(11)4)5-13(14,15)16/h8,17H,5-7H2,1-4H3. The molecule has 0 saturated carbocycles. The maximum atomic E-state index is 12.3. The van der Waals surface area contributed by atoms with Crippen molar-refractivity contribution in [2.75, 3.05) is 6.54 Å². The highest BCUT2D eigenvalue weighted by atomic mass is 19.4. The Labute approximate surface area is 111 Å². The van der Waals surface area contributed by atoms with Crippen LogP contribution in [0.5, 0.6) is 0 Å². The third kappa shape index (κ3) is 5.55. The summed E-state index contributed by atoms with van der Waals surface area (Å²) < 4.78 is 36.9. The summed E-state index contributed by atoms with van der Waals surface area (Å²) in [5.74, 6) is 0.362. The van der Waals surface area contributed by atoms with Crippen LogP contribution in [-0.4, -0.2) is 22.7 Å². The van der Waals surface area contributed by atoms with E-state index in [2.05, 4.69) is 29.1 Å². The summed E-state index contributed by atoms with van der Waals surface area (Å²) in [4.78, 5) is 7.89. The van der Waals surface area contributed by atoms with Crippen molar-refractivity contribution < 1.29 is 13.2 Å². The zero-order chi connectivity index (χ0) is 14.6. The monoisotopic (exact) mass is 275 g/mol. The van der Waals surface area contributed by atoms with E-state index in [9.17, 15) is 13.2 Å². The van der Waals surface area contributed by atoms with Crippen LogP contribution in [0.15, 0.2) is 0 Å². The fraction of sp³-hybridized carbons (Fsp3) is 0.692. The first-order valence-electron chi connectivity index (χ1n) is 6.29. The van der Waals surface area contributed by atoms with Gasteiger partial charge in [-0.2, -0.15) is 13.2 Å². The van der Waals surface area contributed by atoms with Crippen molar-refractivity contribution in [3.05, 3.63) is 22.8 Å². The number of alkyl halides is 3. The molecule has 0 amide bonds. The summed E-state index contributed by atoms with van der Waals surface area (Å²) in [5, 5.41) is 3.25. The highest BCUT2D eigenvalue weighted by molar-refractivity contribution is 5.24. The van der Waals surface area contributed by atoms with E-state index in [4.69, 9.17) is 0 Å². The molecule has 3 nitrogen and oxygen atoms in total. The molecule has 0 radical (unpaired) electrons. The van der Waals surface area contributed by atoms with Crippen molar-refractivity contribution in [3.8, 4) is 0 Å². The second-order valence-electron chi connectivity index (χ2n) is 5.11. The fourth-order valence-electron chi connectivity index (χ4n) is 1.81. The van der Waals surface area contributed by atoms with Gasteiger partial charge < -0.3 is 5.32 Å². The lowest BCUT2D eigenvalue weighted by Gasteiger charge is -2.13. The van der Waals surface area contributed by atoms with Gasteiger partial charge in [0.2, 0.25) is 0 Å². The number of aromatic nitrogens is 2. The van der Waals surface area contributed by atoms with Crippen molar-refractivity contribution in [2.45, 2.75) is 46.8 Å². The number of halogens is 3. The summed E-state index contributed by atoms with van der Waals surface area (Å²) in [6.45, 7) is 9.07. The average Bonchev–Trinajstić information content (AvgIpc) is 2.19. The van der Waals surface area contributed by atoms with Gasteiger partial charge >= 0.3 is 6.18 Å². The number of aryl methyl sites for hydroxylation is 2. The number of hydrogen-bond donors (Lipinski definition) is 1. The van der Waals surface area contributed by atoms with Gasteiger partial charge in [0.1, 0.15) is 12.2 Å². The van der Waals surface area contributed by atoms with E-state index < -0.39 is 12.6 Å². The van der Waals surface area contributed by atoms with Crippen LogP contribution in [0.1, 0.15) is 36.6 Å². The normalized spacial score (nSPS) is 12.2. The molecule has 0 aromatic carbocycles. The topological polar surface area (TPSA) is 37.8 Å². The molecular formula is C13H20F3N3. The first-order valence-corrected chi connectivity index (χ1v) is 6.29. The number of nitrogens with one attached hydrogen (secondary N) is 1. The van der Waals surface area contributed by atoms with Crippen molar-refractivity contribution >= 4 is 0 Å². The summed E-state index contributed by atoms with van der Waals surface area (Å²) in [6, 6.07) is 0. The van der Waals surface area contributed by atoms with Gasteiger partial charge in [-0.1, -0.05) is 13.8 Å². The predicted molar refractivity (Wildman–Crippen MR) is 67.8 cm³/mol. The van der Waals surface area contributed by atoms with E-state index in [1.807, 2.05) is 0 Å². The van der Waals surface area contributed by atoms with Crippen molar-refractivity contribution in [1.82, 2.24) is 15.3 Å². The number of nitrogens with zero attached hydrogens (tertiary/aromatic N) is 2. The minimum atomic E-state index is -4.27. The molecule has 1 heterocycles. The van der Waals surface area contributed by atoms with E-state index in [-0.39, 0.29) is 5.82 Å². The molecule has 0 aliphatic heterocycles. The summed E-state index contributed by atoms with van der Waals surface area (Å²) >= 11 is 0. The van der Waals surface area contributed by atoms with E-state index in [0.717, 1.165) is 12.1 Å². The van der Waals surface area contributed by atoms with Crippen LogP contribution in [0.25, 0.3) is 0 Å². The number of hydrogen-bond acceptors (Lipinski definition) is 3. The molecule has 19 heavy (non-hydrogen) atoms. The lowest BCUT2D eigenvalue weighted by atomic mass is 10.1. The van der Waals surface area contributed by atoms with E-state index in [1.165, 1.54) is 0 Å². The molecule has 108 valence electrons. The molecule has 0 saturated heterocycles. The molecule has 0 aliphatic rings. The fourth-order valence-corrected chi connectivity index (χ4v) is 1.81. The summed E-state index contributed by atoms with van der Waals surface area (Å²) in [7, 11) is 0. The van der Waals surface area contributed by atoms with Gasteiger partial charge in [-0.15, -0.1) is 0 Å². The van der Waals surface area contributed by atoms with Gasteiger partial charge in [0, 0.05) is 23.5 Å².